The van der Waals surface area contributed by atoms with Crippen LogP contribution in [0, 0.1) is 0 Å². The third-order valence-corrected chi connectivity index (χ3v) is 3.31. The van der Waals surface area contributed by atoms with E-state index in [0.29, 0.717) is 0 Å². The third kappa shape index (κ3) is 8.59. The topological polar surface area (TPSA) is 35.5 Å². The van der Waals surface area contributed by atoms with Crippen LogP contribution in [0.15, 0.2) is 12.2 Å². The van der Waals surface area contributed by atoms with Crippen LogP contribution in [0.5, 0.6) is 0 Å². The summed E-state index contributed by atoms with van der Waals surface area (Å²) in [6.45, 7) is 7.50. The molecule has 0 amide bonds. The Morgan fingerprint density at radius 2 is 1.70 bits per heavy atom. The Balaban J connectivity index is 0.000000180. The average Bonchev–Trinajstić information content (AvgIpc) is 2.15. The molecule has 0 aromatic heterocycles. The van der Waals surface area contributed by atoms with Crippen molar-refractivity contribution in [3.8, 4) is 0 Å². The molecular formula is C4H9O3PS2. The van der Waals surface area contributed by atoms with Crippen molar-refractivity contribution in [2.24, 2.45) is 0 Å². The fourth-order valence-corrected chi connectivity index (χ4v) is 2.62. The highest BCUT2D eigenvalue weighted by atomic mass is 33.1. The van der Waals surface area contributed by atoms with E-state index in [4.69, 9.17) is 0 Å². The molecule has 0 aromatic rings. The summed E-state index contributed by atoms with van der Waals surface area (Å²) < 4.78 is 18.7. The molecule has 6 heteroatoms. The minimum atomic E-state index is -2.08. The van der Waals surface area contributed by atoms with E-state index in [9.17, 15) is 4.57 Å². The molecule has 1 rings (SSSR count). The summed E-state index contributed by atoms with van der Waals surface area (Å²) in [7, 11) is -2.08. The first kappa shape index (κ1) is 10.6. The molecule has 1 saturated heterocycles. The number of hydrogen-bond donors (Lipinski definition) is 0. The van der Waals surface area contributed by atoms with Gasteiger partial charge in [-0.3, -0.25) is 4.57 Å². The van der Waals surface area contributed by atoms with E-state index in [2.05, 4.69) is 14.5 Å². The quantitative estimate of drug-likeness (QED) is 0.259. The molecule has 0 atom stereocenters. The molecule has 1 aliphatic heterocycles. The summed E-state index contributed by atoms with van der Waals surface area (Å²) in [6, 6.07) is 0. The maximum absolute atomic E-state index is 9.94. The van der Waals surface area contributed by atoms with Crippen molar-refractivity contribution >= 4 is 30.4 Å². The third-order valence-electron chi connectivity index (χ3n) is 0.232. The maximum atomic E-state index is 9.94. The second kappa shape index (κ2) is 6.31. The van der Waals surface area contributed by atoms with Crippen LogP contribution in [-0.2, 0) is 12.5 Å². The summed E-state index contributed by atoms with van der Waals surface area (Å²) in [5, 5.41) is 0. The summed E-state index contributed by atoms with van der Waals surface area (Å²) in [5.41, 5.74) is 1.17. The molecule has 3 nitrogen and oxygen atoms in total. The molecule has 1 heterocycles. The zero-order chi connectivity index (χ0) is 7.98. The van der Waals surface area contributed by atoms with Crippen LogP contribution in [0.3, 0.4) is 0 Å². The van der Waals surface area contributed by atoms with Crippen molar-refractivity contribution in [2.75, 3.05) is 0 Å². The van der Waals surface area contributed by atoms with Gasteiger partial charge in [0, 0.05) is 0 Å². The molecule has 0 aliphatic carbocycles. The van der Waals surface area contributed by atoms with E-state index in [1.54, 1.807) is 0 Å². The predicted octanol–water partition coefficient (Wildman–Crippen LogP) is 3.22. The Hall–Kier alpha value is 0.590. The molecule has 1 fully saturated rings. The molecule has 0 bridgehead atoms. The summed E-state index contributed by atoms with van der Waals surface area (Å²) >= 11 is 2.02. The maximum Gasteiger partial charge on any atom is 0.342 e. The van der Waals surface area contributed by atoms with Crippen LogP contribution in [-0.4, -0.2) is 0 Å². The van der Waals surface area contributed by atoms with Crippen molar-refractivity contribution in [3.63, 3.8) is 0 Å². The highest BCUT2D eigenvalue weighted by Crippen LogP contribution is 2.50. The van der Waals surface area contributed by atoms with Crippen LogP contribution in [0.1, 0.15) is 13.8 Å². The van der Waals surface area contributed by atoms with Gasteiger partial charge in [-0.25, -0.2) is 7.94 Å². The van der Waals surface area contributed by atoms with Gasteiger partial charge in [-0.1, -0.05) is 5.57 Å². The minimum absolute atomic E-state index is 1.01. The van der Waals surface area contributed by atoms with Crippen LogP contribution in [0.2, 0.25) is 0 Å². The first-order chi connectivity index (χ1) is 4.63. The lowest BCUT2D eigenvalue weighted by molar-refractivity contribution is 0.475. The largest absolute Gasteiger partial charge is 0.342 e. The number of rotatable bonds is 0. The number of hydrogen-bond acceptors (Lipinski definition) is 5. The van der Waals surface area contributed by atoms with E-state index >= 15 is 0 Å². The summed E-state index contributed by atoms with van der Waals surface area (Å²) in [4.78, 5) is 0. The number of allylic oxidation sites excluding steroid dienone is 1. The molecule has 0 unspecified atom stereocenters. The zero-order valence-corrected chi connectivity index (χ0v) is 8.38. The lowest BCUT2D eigenvalue weighted by atomic mass is 10.4. The Labute approximate surface area is 69.3 Å². The van der Waals surface area contributed by atoms with E-state index in [1.807, 2.05) is 13.8 Å². The lowest BCUT2D eigenvalue weighted by Gasteiger charge is -1.73. The second-order valence-electron chi connectivity index (χ2n) is 1.76. The monoisotopic (exact) mass is 200 g/mol. The molecule has 0 N–H and O–H groups in total. The highest BCUT2D eigenvalue weighted by Gasteiger charge is 2.09. The van der Waals surface area contributed by atoms with Gasteiger partial charge < -0.3 is 0 Å². The predicted molar refractivity (Wildman–Crippen MR) is 46.8 cm³/mol. The normalized spacial score (nSPS) is 17.8. The first-order valence-corrected chi connectivity index (χ1v) is 5.69. The minimum Gasteiger partial charge on any atom is -0.261 e. The van der Waals surface area contributed by atoms with Crippen molar-refractivity contribution in [1.29, 1.82) is 0 Å². The van der Waals surface area contributed by atoms with Gasteiger partial charge in [0.1, 0.15) is 22.1 Å². The fourth-order valence-electron chi connectivity index (χ4n) is 0.0972. The molecule has 0 saturated carbocycles. The molecule has 10 heavy (non-hydrogen) atoms. The first-order valence-electron chi connectivity index (χ1n) is 2.47. The zero-order valence-electron chi connectivity index (χ0n) is 5.75. The Morgan fingerprint density at radius 3 is 1.80 bits per heavy atom. The van der Waals surface area contributed by atoms with Crippen molar-refractivity contribution in [2.45, 2.75) is 13.8 Å². The van der Waals surface area contributed by atoms with E-state index in [0.717, 1.165) is 22.1 Å². The van der Waals surface area contributed by atoms with Crippen molar-refractivity contribution < 1.29 is 12.5 Å². The summed E-state index contributed by atoms with van der Waals surface area (Å²) in [6.07, 6.45) is 0. The summed E-state index contributed by atoms with van der Waals surface area (Å²) in [5.74, 6) is 0. The molecule has 0 spiro atoms. The van der Waals surface area contributed by atoms with Crippen LogP contribution >= 0.6 is 30.4 Å². The van der Waals surface area contributed by atoms with Crippen LogP contribution < -0.4 is 0 Å². The SMILES string of the molecule is C=C(C)C.O=[PH]1OSSO1. The van der Waals surface area contributed by atoms with E-state index < -0.39 is 8.25 Å². The van der Waals surface area contributed by atoms with Crippen molar-refractivity contribution in [3.05, 3.63) is 12.2 Å². The Kier molecular flexibility index (Phi) is 6.68. The lowest BCUT2D eigenvalue weighted by Crippen LogP contribution is -1.43. The van der Waals surface area contributed by atoms with Gasteiger partial charge >= 0.3 is 8.25 Å². The average molecular weight is 200 g/mol. The Bertz CT molecular complexity index is 126. The molecule has 0 radical (unpaired) electrons. The van der Waals surface area contributed by atoms with Crippen molar-refractivity contribution in [1.82, 2.24) is 0 Å². The molecule has 0 aromatic carbocycles. The van der Waals surface area contributed by atoms with Gasteiger partial charge in [-0.2, -0.15) is 0 Å². The smallest absolute Gasteiger partial charge is 0.261 e. The van der Waals surface area contributed by atoms with Gasteiger partial charge in [-0.15, -0.1) is 6.58 Å². The fraction of sp³-hybridized carbons (Fsp3) is 0.500. The Morgan fingerprint density at radius 1 is 1.40 bits per heavy atom. The van der Waals surface area contributed by atoms with Gasteiger partial charge in [0.15, 0.2) is 0 Å². The standard InChI is InChI=1S/C4H8.HO3PS2/c1-4(2)3;1-4-2-5-6-3-4/h1H2,2-3H3;4H. The van der Waals surface area contributed by atoms with Crippen LogP contribution in [0.4, 0.5) is 0 Å². The van der Waals surface area contributed by atoms with Gasteiger partial charge in [0.2, 0.25) is 0 Å². The van der Waals surface area contributed by atoms with E-state index in [1.165, 1.54) is 5.57 Å². The van der Waals surface area contributed by atoms with E-state index in [-0.39, 0.29) is 0 Å². The van der Waals surface area contributed by atoms with Crippen LogP contribution in [0.25, 0.3) is 0 Å². The van der Waals surface area contributed by atoms with Gasteiger partial charge in [0.25, 0.3) is 0 Å². The van der Waals surface area contributed by atoms with Gasteiger partial charge in [0.05, 0.1) is 0 Å². The molecule has 60 valence electrons. The highest BCUT2D eigenvalue weighted by molar-refractivity contribution is 8.74. The molecular weight excluding hydrogens is 191 g/mol. The molecule has 1 aliphatic rings. The van der Waals surface area contributed by atoms with Gasteiger partial charge in [-0.05, 0) is 13.8 Å². The second-order valence-corrected chi connectivity index (χ2v) is 4.68.